The van der Waals surface area contributed by atoms with Crippen LogP contribution in [0.5, 0.6) is 5.75 Å². The maximum atomic E-state index is 11.9. The number of carbonyl (C=O) groups is 1. The Morgan fingerprint density at radius 3 is 2.70 bits per heavy atom. The van der Waals surface area contributed by atoms with Gasteiger partial charge < -0.3 is 15.4 Å². The lowest BCUT2D eigenvalue weighted by Crippen LogP contribution is -2.29. The molecule has 1 amide bonds. The fraction of sp³-hybridized carbons (Fsp3) is 0.278. The van der Waals surface area contributed by atoms with Crippen LogP contribution in [0.25, 0.3) is 0 Å². The molecule has 2 rings (SSSR count). The van der Waals surface area contributed by atoms with Crippen molar-refractivity contribution in [2.45, 2.75) is 26.5 Å². The Hall–Kier alpha value is -2.20. The number of benzene rings is 2. The van der Waals surface area contributed by atoms with Gasteiger partial charge in [-0.05, 0) is 37.6 Å². The van der Waals surface area contributed by atoms with Crippen LogP contribution < -0.4 is 15.4 Å². The fourth-order valence-corrected chi connectivity index (χ4v) is 2.23. The maximum Gasteiger partial charge on any atom is 0.239 e. The lowest BCUT2D eigenvalue weighted by atomic mass is 10.2. The Balaban J connectivity index is 1.81. The second-order valence-electron chi connectivity index (χ2n) is 5.42. The molecule has 0 aliphatic carbocycles. The summed E-state index contributed by atoms with van der Waals surface area (Å²) in [5, 5.41) is 6.58. The van der Waals surface area contributed by atoms with E-state index in [-0.39, 0.29) is 18.6 Å². The SMILES string of the molecule is CC(C)Oc1cccc(NCC(=O)NCc2ccccc2Cl)c1. The van der Waals surface area contributed by atoms with Crippen LogP contribution in [-0.4, -0.2) is 18.6 Å². The smallest absolute Gasteiger partial charge is 0.239 e. The Morgan fingerprint density at radius 1 is 1.17 bits per heavy atom. The van der Waals surface area contributed by atoms with Gasteiger partial charge in [0.2, 0.25) is 5.91 Å². The third-order valence-corrected chi connectivity index (χ3v) is 3.46. The van der Waals surface area contributed by atoms with Crippen molar-refractivity contribution >= 4 is 23.2 Å². The molecule has 0 unspecified atom stereocenters. The van der Waals surface area contributed by atoms with E-state index in [0.717, 1.165) is 17.0 Å². The number of nitrogens with one attached hydrogen (secondary N) is 2. The first-order chi connectivity index (χ1) is 11.0. The van der Waals surface area contributed by atoms with Crippen LogP contribution in [0.1, 0.15) is 19.4 Å². The van der Waals surface area contributed by atoms with E-state index in [4.69, 9.17) is 16.3 Å². The highest BCUT2D eigenvalue weighted by Gasteiger charge is 2.04. The van der Waals surface area contributed by atoms with E-state index in [1.807, 2.05) is 62.4 Å². The third-order valence-electron chi connectivity index (χ3n) is 3.09. The van der Waals surface area contributed by atoms with Crippen molar-refractivity contribution in [3.05, 3.63) is 59.1 Å². The number of carbonyl (C=O) groups excluding carboxylic acids is 1. The van der Waals surface area contributed by atoms with Gasteiger partial charge in [0.05, 0.1) is 12.6 Å². The molecule has 0 aromatic heterocycles. The zero-order valence-corrected chi connectivity index (χ0v) is 14.1. The number of anilines is 1. The standard InChI is InChI=1S/C18H21ClN2O2/c1-13(2)23-16-8-5-7-15(10-16)20-12-18(22)21-11-14-6-3-4-9-17(14)19/h3-10,13,20H,11-12H2,1-2H3,(H,21,22). The van der Waals surface area contributed by atoms with Gasteiger partial charge in [-0.2, -0.15) is 0 Å². The van der Waals surface area contributed by atoms with E-state index in [9.17, 15) is 4.79 Å². The molecule has 0 saturated carbocycles. The quantitative estimate of drug-likeness (QED) is 0.809. The summed E-state index contributed by atoms with van der Waals surface area (Å²) in [7, 11) is 0. The number of amides is 1. The molecule has 0 bridgehead atoms. The number of ether oxygens (including phenoxy) is 1. The molecule has 0 saturated heterocycles. The summed E-state index contributed by atoms with van der Waals surface area (Å²) in [4.78, 5) is 11.9. The van der Waals surface area contributed by atoms with E-state index in [0.29, 0.717) is 11.6 Å². The molecule has 0 radical (unpaired) electrons. The fourth-order valence-electron chi connectivity index (χ4n) is 2.03. The first kappa shape index (κ1) is 17.2. The summed E-state index contributed by atoms with van der Waals surface area (Å²) < 4.78 is 5.62. The molecule has 0 spiro atoms. The first-order valence-electron chi connectivity index (χ1n) is 7.55. The van der Waals surface area contributed by atoms with Gasteiger partial charge in [-0.25, -0.2) is 0 Å². The molecule has 23 heavy (non-hydrogen) atoms. The first-order valence-corrected chi connectivity index (χ1v) is 7.93. The summed E-state index contributed by atoms with van der Waals surface area (Å²) in [6.45, 7) is 4.55. The van der Waals surface area contributed by atoms with Crippen LogP contribution in [0.2, 0.25) is 5.02 Å². The van der Waals surface area contributed by atoms with Gasteiger partial charge in [0.1, 0.15) is 5.75 Å². The lowest BCUT2D eigenvalue weighted by molar-refractivity contribution is -0.119. The normalized spacial score (nSPS) is 10.4. The van der Waals surface area contributed by atoms with Gasteiger partial charge in [-0.3, -0.25) is 4.79 Å². The van der Waals surface area contributed by atoms with E-state index in [1.54, 1.807) is 0 Å². The monoisotopic (exact) mass is 332 g/mol. The molecule has 0 atom stereocenters. The second-order valence-corrected chi connectivity index (χ2v) is 5.82. The Bertz CT molecular complexity index is 659. The maximum absolute atomic E-state index is 11.9. The van der Waals surface area contributed by atoms with Crippen molar-refractivity contribution in [1.29, 1.82) is 0 Å². The third kappa shape index (κ3) is 5.83. The topological polar surface area (TPSA) is 50.4 Å². The van der Waals surface area contributed by atoms with Gasteiger partial charge in [0.15, 0.2) is 0 Å². The minimum absolute atomic E-state index is 0.0971. The van der Waals surface area contributed by atoms with Crippen molar-refractivity contribution in [2.75, 3.05) is 11.9 Å². The highest BCUT2D eigenvalue weighted by atomic mass is 35.5. The summed E-state index contributed by atoms with van der Waals surface area (Å²) in [5.74, 6) is 0.682. The van der Waals surface area contributed by atoms with Crippen molar-refractivity contribution in [2.24, 2.45) is 0 Å². The number of hydrogen-bond acceptors (Lipinski definition) is 3. The molecule has 2 aromatic carbocycles. The molecule has 0 aliphatic rings. The molecular weight excluding hydrogens is 312 g/mol. The Labute approximate surface area is 141 Å². The molecule has 0 aliphatic heterocycles. The number of hydrogen-bond donors (Lipinski definition) is 2. The zero-order chi connectivity index (χ0) is 16.7. The molecule has 5 heteroatoms. The van der Waals surface area contributed by atoms with Crippen LogP contribution in [0, 0.1) is 0 Å². The van der Waals surface area contributed by atoms with Crippen molar-refractivity contribution in [3.63, 3.8) is 0 Å². The summed E-state index contributed by atoms with van der Waals surface area (Å²) in [6.07, 6.45) is 0.115. The molecule has 0 heterocycles. The molecule has 2 N–H and O–H groups in total. The molecule has 122 valence electrons. The zero-order valence-electron chi connectivity index (χ0n) is 13.3. The molecule has 2 aromatic rings. The molecular formula is C18H21ClN2O2. The molecule has 4 nitrogen and oxygen atoms in total. The van der Waals surface area contributed by atoms with Crippen LogP contribution in [0.3, 0.4) is 0 Å². The van der Waals surface area contributed by atoms with E-state index >= 15 is 0 Å². The number of rotatable bonds is 7. The highest BCUT2D eigenvalue weighted by molar-refractivity contribution is 6.31. The van der Waals surface area contributed by atoms with Crippen LogP contribution in [-0.2, 0) is 11.3 Å². The predicted molar refractivity (Wildman–Crippen MR) is 94.0 cm³/mol. The molecule has 0 fully saturated rings. The largest absolute Gasteiger partial charge is 0.491 e. The Morgan fingerprint density at radius 2 is 1.96 bits per heavy atom. The van der Waals surface area contributed by atoms with E-state index in [1.165, 1.54) is 0 Å². The lowest BCUT2D eigenvalue weighted by Gasteiger charge is -2.12. The predicted octanol–water partition coefficient (Wildman–Crippen LogP) is 3.86. The Kier molecular flexibility index (Phi) is 6.29. The summed E-state index contributed by atoms with van der Waals surface area (Å²) in [5.41, 5.74) is 1.74. The van der Waals surface area contributed by atoms with E-state index < -0.39 is 0 Å². The average Bonchev–Trinajstić information content (AvgIpc) is 2.52. The van der Waals surface area contributed by atoms with Crippen LogP contribution in [0.15, 0.2) is 48.5 Å². The number of halogens is 1. The minimum atomic E-state index is -0.0971. The van der Waals surface area contributed by atoms with Gasteiger partial charge in [-0.1, -0.05) is 35.9 Å². The average molecular weight is 333 g/mol. The van der Waals surface area contributed by atoms with Crippen molar-refractivity contribution in [3.8, 4) is 5.75 Å². The minimum Gasteiger partial charge on any atom is -0.491 e. The second kappa shape index (κ2) is 8.44. The van der Waals surface area contributed by atoms with Crippen LogP contribution in [0.4, 0.5) is 5.69 Å². The van der Waals surface area contributed by atoms with Gasteiger partial charge in [0, 0.05) is 23.3 Å². The van der Waals surface area contributed by atoms with Gasteiger partial charge >= 0.3 is 0 Å². The van der Waals surface area contributed by atoms with Crippen molar-refractivity contribution < 1.29 is 9.53 Å². The van der Waals surface area contributed by atoms with E-state index in [2.05, 4.69) is 10.6 Å². The van der Waals surface area contributed by atoms with Crippen LogP contribution >= 0.6 is 11.6 Å². The summed E-state index contributed by atoms with van der Waals surface area (Å²) in [6, 6.07) is 15.0. The van der Waals surface area contributed by atoms with Gasteiger partial charge in [0.25, 0.3) is 0 Å². The summed E-state index contributed by atoms with van der Waals surface area (Å²) >= 11 is 6.06. The van der Waals surface area contributed by atoms with Gasteiger partial charge in [-0.15, -0.1) is 0 Å². The highest BCUT2D eigenvalue weighted by Crippen LogP contribution is 2.18. The van der Waals surface area contributed by atoms with Crippen molar-refractivity contribution in [1.82, 2.24) is 5.32 Å².